The first kappa shape index (κ1) is 12.8. The Bertz CT molecular complexity index is 693. The lowest BCUT2D eigenvalue weighted by Gasteiger charge is -2.32. The van der Waals surface area contributed by atoms with Crippen molar-refractivity contribution in [3.05, 3.63) is 52.7 Å². The molecule has 20 heavy (non-hydrogen) atoms. The van der Waals surface area contributed by atoms with Gasteiger partial charge in [0, 0.05) is 11.3 Å². The Morgan fingerprint density at radius 3 is 2.60 bits per heavy atom. The van der Waals surface area contributed by atoms with Crippen molar-refractivity contribution in [3.8, 4) is 0 Å². The average molecular weight is 291 g/mol. The predicted octanol–water partition coefficient (Wildman–Crippen LogP) is 2.83. The molecule has 1 aliphatic heterocycles. The van der Waals surface area contributed by atoms with Gasteiger partial charge < -0.3 is 15.1 Å². The molecule has 0 aliphatic carbocycles. The molecule has 0 bridgehead atoms. The van der Waals surface area contributed by atoms with Gasteiger partial charge in [0.15, 0.2) is 6.23 Å². The minimum Gasteiger partial charge on any atom is -0.478 e. The number of carbonyl (C=O) groups is 1. The zero-order valence-electron chi connectivity index (χ0n) is 10.2. The summed E-state index contributed by atoms with van der Waals surface area (Å²) in [6.45, 7) is 0. The predicted molar refractivity (Wildman–Crippen MR) is 74.5 cm³/mol. The Kier molecular flexibility index (Phi) is 3.04. The van der Waals surface area contributed by atoms with Crippen molar-refractivity contribution in [2.24, 2.45) is 0 Å². The van der Waals surface area contributed by atoms with E-state index in [1.54, 1.807) is 6.07 Å². The molecule has 0 fully saturated rings. The van der Waals surface area contributed by atoms with E-state index >= 15 is 0 Å². The van der Waals surface area contributed by atoms with Gasteiger partial charge in [-0.1, -0.05) is 0 Å². The van der Waals surface area contributed by atoms with Crippen molar-refractivity contribution in [2.75, 3.05) is 4.90 Å². The van der Waals surface area contributed by atoms with Gasteiger partial charge in [-0.25, -0.2) is 9.18 Å². The fraction of sp³-hybridized carbons (Fsp3) is 0.0714. The first-order chi connectivity index (χ1) is 9.58. The van der Waals surface area contributed by atoms with Crippen molar-refractivity contribution in [2.45, 2.75) is 6.23 Å². The number of anilines is 2. The fourth-order valence-electron chi connectivity index (χ4n) is 2.14. The summed E-state index contributed by atoms with van der Waals surface area (Å²) in [4.78, 5) is 12.7. The highest BCUT2D eigenvalue weighted by atomic mass is 32.1. The van der Waals surface area contributed by atoms with E-state index in [0.717, 1.165) is 10.6 Å². The van der Waals surface area contributed by atoms with Gasteiger partial charge in [0.1, 0.15) is 10.8 Å². The molecule has 6 heteroatoms. The molecule has 0 amide bonds. The number of hydrogen-bond acceptors (Lipinski definition) is 4. The van der Waals surface area contributed by atoms with E-state index in [2.05, 4.69) is 0 Å². The summed E-state index contributed by atoms with van der Waals surface area (Å²) in [7, 11) is 0. The molecule has 4 nitrogen and oxygen atoms in total. The van der Waals surface area contributed by atoms with Crippen molar-refractivity contribution in [3.63, 3.8) is 0 Å². The minimum absolute atomic E-state index is 0.111. The van der Waals surface area contributed by atoms with Crippen LogP contribution in [0, 0.1) is 5.82 Å². The number of hydrogen-bond donors (Lipinski definition) is 2. The maximum Gasteiger partial charge on any atom is 0.336 e. The van der Waals surface area contributed by atoms with Crippen LogP contribution < -0.4 is 4.90 Å². The summed E-state index contributed by atoms with van der Waals surface area (Å²) in [5, 5.41) is 22.0. The Labute approximate surface area is 118 Å². The highest BCUT2D eigenvalue weighted by molar-refractivity contribution is 7.14. The van der Waals surface area contributed by atoms with Crippen LogP contribution in [0.25, 0.3) is 6.08 Å². The van der Waals surface area contributed by atoms with E-state index in [-0.39, 0.29) is 11.4 Å². The molecular formula is C14H10FNO3S. The van der Waals surface area contributed by atoms with Crippen molar-refractivity contribution in [1.82, 2.24) is 0 Å². The van der Waals surface area contributed by atoms with Gasteiger partial charge in [0.25, 0.3) is 0 Å². The number of aliphatic carboxylic acids is 1. The molecule has 2 aromatic rings. The number of rotatable bonds is 2. The van der Waals surface area contributed by atoms with Gasteiger partial charge in [-0.3, -0.25) is 0 Å². The summed E-state index contributed by atoms with van der Waals surface area (Å²) in [5.74, 6) is -1.57. The molecule has 1 aromatic heterocycles. The SMILES string of the molecule is O=C(O)C1=Cc2ccsc2N(c2ccc(F)cc2)C1O. The Hall–Kier alpha value is -2.18. The van der Waals surface area contributed by atoms with Crippen LogP contribution in [0.4, 0.5) is 15.1 Å². The molecule has 1 unspecified atom stereocenters. The van der Waals surface area contributed by atoms with Gasteiger partial charge >= 0.3 is 5.97 Å². The van der Waals surface area contributed by atoms with E-state index in [1.165, 1.54) is 46.6 Å². The number of carboxylic acid groups (broad SMARTS) is 1. The summed E-state index contributed by atoms with van der Waals surface area (Å²) >= 11 is 1.38. The van der Waals surface area contributed by atoms with Crippen molar-refractivity contribution >= 4 is 34.1 Å². The number of aliphatic hydroxyl groups excluding tert-OH is 1. The van der Waals surface area contributed by atoms with E-state index in [1.807, 2.05) is 5.38 Å². The number of thiophene rings is 1. The Balaban J connectivity index is 2.13. The molecule has 0 saturated carbocycles. The van der Waals surface area contributed by atoms with Crippen LogP contribution in [0.15, 0.2) is 41.3 Å². The van der Waals surface area contributed by atoms with Gasteiger partial charge in [-0.05, 0) is 41.8 Å². The van der Waals surface area contributed by atoms with Crippen LogP contribution in [0.5, 0.6) is 0 Å². The number of aliphatic hydroxyl groups is 1. The van der Waals surface area contributed by atoms with Crippen LogP contribution in [0.2, 0.25) is 0 Å². The molecule has 1 atom stereocenters. The molecule has 2 N–H and O–H groups in total. The Morgan fingerprint density at radius 2 is 1.95 bits per heavy atom. The zero-order chi connectivity index (χ0) is 14.3. The molecular weight excluding hydrogens is 281 g/mol. The topological polar surface area (TPSA) is 60.8 Å². The number of nitrogens with zero attached hydrogens (tertiary/aromatic N) is 1. The normalized spacial score (nSPS) is 17.6. The number of halogens is 1. The summed E-state index contributed by atoms with van der Waals surface area (Å²) in [5.41, 5.74) is 1.15. The molecule has 1 aromatic carbocycles. The molecule has 0 saturated heterocycles. The molecule has 0 radical (unpaired) electrons. The minimum atomic E-state index is -1.30. The third-order valence-corrected chi connectivity index (χ3v) is 4.01. The van der Waals surface area contributed by atoms with Crippen LogP contribution >= 0.6 is 11.3 Å². The average Bonchev–Trinajstić information content (AvgIpc) is 2.87. The van der Waals surface area contributed by atoms with Gasteiger partial charge in [-0.15, -0.1) is 11.3 Å². The maximum absolute atomic E-state index is 13.0. The highest BCUT2D eigenvalue weighted by Crippen LogP contribution is 2.41. The summed E-state index contributed by atoms with van der Waals surface area (Å²) < 4.78 is 13.0. The quantitative estimate of drug-likeness (QED) is 0.893. The van der Waals surface area contributed by atoms with Crippen LogP contribution in [-0.2, 0) is 4.79 Å². The third-order valence-electron chi connectivity index (χ3n) is 3.08. The molecule has 2 heterocycles. The van der Waals surface area contributed by atoms with Crippen molar-refractivity contribution < 1.29 is 19.4 Å². The molecule has 102 valence electrons. The fourth-order valence-corrected chi connectivity index (χ4v) is 3.07. The standard InChI is InChI=1S/C14H10FNO3S/c15-9-1-3-10(4-2-9)16-12(17)11(14(18)19)7-8-5-6-20-13(8)16/h1-7,12,17H,(H,18,19). The number of benzene rings is 1. The highest BCUT2D eigenvalue weighted by Gasteiger charge is 2.32. The zero-order valence-corrected chi connectivity index (χ0v) is 11.0. The number of carboxylic acids is 1. The molecule has 1 aliphatic rings. The second kappa shape index (κ2) is 4.73. The Morgan fingerprint density at radius 1 is 1.25 bits per heavy atom. The van der Waals surface area contributed by atoms with Crippen LogP contribution in [0.3, 0.4) is 0 Å². The van der Waals surface area contributed by atoms with E-state index in [4.69, 9.17) is 5.11 Å². The van der Waals surface area contributed by atoms with Crippen molar-refractivity contribution in [1.29, 1.82) is 0 Å². The monoisotopic (exact) mass is 291 g/mol. The number of fused-ring (bicyclic) bond motifs is 1. The second-order valence-corrected chi connectivity index (χ2v) is 5.20. The van der Waals surface area contributed by atoms with E-state index in [0.29, 0.717) is 5.69 Å². The van der Waals surface area contributed by atoms with Crippen LogP contribution in [0.1, 0.15) is 5.56 Å². The third kappa shape index (κ3) is 1.99. The lowest BCUT2D eigenvalue weighted by molar-refractivity contribution is -0.133. The van der Waals surface area contributed by atoms with E-state index < -0.39 is 12.2 Å². The van der Waals surface area contributed by atoms with Crippen LogP contribution in [-0.4, -0.2) is 22.4 Å². The maximum atomic E-state index is 13.0. The van der Waals surface area contributed by atoms with E-state index in [9.17, 15) is 14.3 Å². The lowest BCUT2D eigenvalue weighted by atomic mass is 10.1. The molecule has 3 rings (SSSR count). The summed E-state index contributed by atoms with van der Waals surface area (Å²) in [6.07, 6.45) is 0.155. The molecule has 0 spiro atoms. The smallest absolute Gasteiger partial charge is 0.336 e. The van der Waals surface area contributed by atoms with Gasteiger partial charge in [0.2, 0.25) is 0 Å². The summed E-state index contributed by atoms with van der Waals surface area (Å²) in [6, 6.07) is 7.34. The van der Waals surface area contributed by atoms with Gasteiger partial charge in [0.05, 0.1) is 5.57 Å². The first-order valence-corrected chi connectivity index (χ1v) is 6.71. The first-order valence-electron chi connectivity index (χ1n) is 5.83. The second-order valence-electron chi connectivity index (χ2n) is 4.31. The lowest BCUT2D eigenvalue weighted by Crippen LogP contribution is -2.37. The largest absolute Gasteiger partial charge is 0.478 e. The van der Waals surface area contributed by atoms with Gasteiger partial charge in [-0.2, -0.15) is 0 Å².